The Balaban J connectivity index is 1.80. The Kier molecular flexibility index (Phi) is 5.68. The smallest absolute Gasteiger partial charge is 0.366 e. The van der Waals surface area contributed by atoms with E-state index in [1.54, 1.807) is 48.5 Å². The van der Waals surface area contributed by atoms with E-state index in [2.05, 4.69) is 5.32 Å². The molecule has 148 valence electrons. The summed E-state index contributed by atoms with van der Waals surface area (Å²) < 4.78 is 38.3. The summed E-state index contributed by atoms with van der Waals surface area (Å²) in [5, 5.41) is 2.76. The molecule has 0 unspecified atom stereocenters. The second kappa shape index (κ2) is 8.18. The van der Waals surface area contributed by atoms with E-state index in [0.717, 1.165) is 12.1 Å². The van der Waals surface area contributed by atoms with Gasteiger partial charge in [-0.2, -0.15) is 13.2 Å². The monoisotopic (exact) mass is 398 g/mol. The van der Waals surface area contributed by atoms with Gasteiger partial charge in [-0.15, -0.1) is 0 Å². The lowest BCUT2D eigenvalue weighted by atomic mass is 9.98. The quantitative estimate of drug-likeness (QED) is 0.669. The van der Waals surface area contributed by atoms with Crippen LogP contribution in [0.3, 0.4) is 0 Å². The summed E-state index contributed by atoms with van der Waals surface area (Å²) in [4.78, 5) is 23.9. The summed E-state index contributed by atoms with van der Waals surface area (Å²) in [6.07, 6.45) is -4.42. The van der Waals surface area contributed by atoms with E-state index in [0.29, 0.717) is 27.8 Å². The average molecular weight is 398 g/mol. The van der Waals surface area contributed by atoms with E-state index in [1.807, 2.05) is 0 Å². The van der Waals surface area contributed by atoms with Crippen molar-refractivity contribution in [1.29, 1.82) is 0 Å². The molecule has 4 nitrogen and oxygen atoms in total. The molecule has 7 heteroatoms. The first-order chi connectivity index (χ1) is 13.8. The third kappa shape index (κ3) is 4.82. The highest BCUT2D eigenvalue weighted by Gasteiger charge is 2.30. The summed E-state index contributed by atoms with van der Waals surface area (Å²) in [6.45, 7) is 0.168. The summed E-state index contributed by atoms with van der Waals surface area (Å²) in [5.41, 5.74) is 6.88. The first-order valence-corrected chi connectivity index (χ1v) is 8.69. The number of alkyl halides is 3. The van der Waals surface area contributed by atoms with Gasteiger partial charge in [-0.05, 0) is 47.0 Å². The van der Waals surface area contributed by atoms with E-state index in [9.17, 15) is 22.8 Å². The molecule has 0 saturated carbocycles. The second-order valence-corrected chi connectivity index (χ2v) is 6.37. The Morgan fingerprint density at radius 1 is 0.897 bits per heavy atom. The number of carbonyl (C=O) groups excluding carboxylic acids is 2. The van der Waals surface area contributed by atoms with Crippen LogP contribution in [-0.2, 0) is 12.7 Å². The maximum atomic E-state index is 12.8. The van der Waals surface area contributed by atoms with Crippen LogP contribution < -0.4 is 11.1 Å². The number of nitrogens with one attached hydrogen (secondary N) is 1. The van der Waals surface area contributed by atoms with Crippen LogP contribution in [0.2, 0.25) is 0 Å². The average Bonchev–Trinajstić information content (AvgIpc) is 2.71. The minimum atomic E-state index is -4.42. The van der Waals surface area contributed by atoms with Crippen LogP contribution >= 0.6 is 0 Å². The highest BCUT2D eigenvalue weighted by molar-refractivity contribution is 6.01. The molecule has 0 radical (unpaired) electrons. The van der Waals surface area contributed by atoms with Crippen molar-refractivity contribution in [3.05, 3.63) is 95.1 Å². The predicted octanol–water partition coefficient (Wildman–Crippen LogP) is 4.40. The van der Waals surface area contributed by atoms with Crippen molar-refractivity contribution in [1.82, 2.24) is 5.32 Å². The van der Waals surface area contributed by atoms with Crippen LogP contribution in [0, 0.1) is 0 Å². The highest BCUT2D eigenvalue weighted by Crippen LogP contribution is 2.31. The van der Waals surface area contributed by atoms with E-state index in [-0.39, 0.29) is 12.5 Å². The summed E-state index contributed by atoms with van der Waals surface area (Å²) in [7, 11) is 0. The van der Waals surface area contributed by atoms with Crippen molar-refractivity contribution >= 4 is 11.8 Å². The number of rotatable bonds is 5. The largest absolute Gasteiger partial charge is 0.416 e. The van der Waals surface area contributed by atoms with Gasteiger partial charge in [0.1, 0.15) is 0 Å². The summed E-state index contributed by atoms with van der Waals surface area (Å²) in [6, 6.07) is 17.9. The van der Waals surface area contributed by atoms with Crippen LogP contribution in [-0.4, -0.2) is 11.8 Å². The molecular weight excluding hydrogens is 381 g/mol. The second-order valence-electron chi connectivity index (χ2n) is 6.37. The Hall–Kier alpha value is -3.61. The number of halogens is 3. The van der Waals surface area contributed by atoms with Gasteiger partial charge in [0, 0.05) is 17.7 Å². The number of carbonyl (C=O) groups is 2. The molecule has 3 aromatic rings. The van der Waals surface area contributed by atoms with E-state index in [1.165, 1.54) is 12.1 Å². The zero-order valence-electron chi connectivity index (χ0n) is 15.2. The van der Waals surface area contributed by atoms with Gasteiger partial charge in [0.25, 0.3) is 5.91 Å². The molecule has 0 aliphatic carbocycles. The first-order valence-electron chi connectivity index (χ1n) is 8.69. The van der Waals surface area contributed by atoms with Crippen molar-refractivity contribution in [2.24, 2.45) is 5.73 Å². The number of hydrogen-bond acceptors (Lipinski definition) is 2. The lowest BCUT2D eigenvalue weighted by Crippen LogP contribution is -2.23. The molecule has 0 aliphatic rings. The van der Waals surface area contributed by atoms with Gasteiger partial charge in [0.05, 0.1) is 5.56 Å². The van der Waals surface area contributed by atoms with Crippen molar-refractivity contribution in [2.45, 2.75) is 12.7 Å². The van der Waals surface area contributed by atoms with Crippen molar-refractivity contribution in [2.75, 3.05) is 0 Å². The van der Waals surface area contributed by atoms with E-state index >= 15 is 0 Å². The molecule has 0 spiro atoms. The van der Waals surface area contributed by atoms with Gasteiger partial charge in [-0.25, -0.2) is 0 Å². The number of benzene rings is 3. The first kappa shape index (κ1) is 20.1. The number of primary amides is 1. The van der Waals surface area contributed by atoms with Gasteiger partial charge in [0.15, 0.2) is 0 Å². The fraction of sp³-hybridized carbons (Fsp3) is 0.0909. The third-order valence-corrected chi connectivity index (χ3v) is 4.36. The van der Waals surface area contributed by atoms with Crippen LogP contribution in [0.1, 0.15) is 31.8 Å². The SMILES string of the molecule is NC(=O)c1cccc(CNC(=O)c2ccccc2-c2ccc(C(F)(F)F)cc2)c1. The molecule has 0 atom stereocenters. The molecule has 0 aromatic heterocycles. The Morgan fingerprint density at radius 3 is 2.24 bits per heavy atom. The van der Waals surface area contributed by atoms with Crippen LogP contribution in [0.25, 0.3) is 11.1 Å². The van der Waals surface area contributed by atoms with Gasteiger partial charge in [0.2, 0.25) is 5.91 Å². The number of amides is 2. The van der Waals surface area contributed by atoms with Gasteiger partial charge in [-0.3, -0.25) is 9.59 Å². The van der Waals surface area contributed by atoms with Gasteiger partial charge in [-0.1, -0.05) is 42.5 Å². The van der Waals surface area contributed by atoms with Crippen LogP contribution in [0.4, 0.5) is 13.2 Å². The molecule has 3 rings (SSSR count). The van der Waals surface area contributed by atoms with Gasteiger partial charge >= 0.3 is 6.18 Å². The molecule has 29 heavy (non-hydrogen) atoms. The molecule has 3 aromatic carbocycles. The molecule has 0 aliphatic heterocycles. The molecular formula is C22H17F3N2O2. The topological polar surface area (TPSA) is 72.2 Å². The third-order valence-electron chi connectivity index (χ3n) is 4.36. The lowest BCUT2D eigenvalue weighted by molar-refractivity contribution is -0.137. The van der Waals surface area contributed by atoms with Crippen LogP contribution in [0.5, 0.6) is 0 Å². The Labute approximate surface area is 165 Å². The van der Waals surface area contributed by atoms with E-state index in [4.69, 9.17) is 5.73 Å². The maximum Gasteiger partial charge on any atom is 0.416 e. The molecule has 2 amide bonds. The summed E-state index contributed by atoms with van der Waals surface area (Å²) in [5.74, 6) is -0.948. The fourth-order valence-electron chi connectivity index (χ4n) is 2.88. The van der Waals surface area contributed by atoms with Crippen LogP contribution in [0.15, 0.2) is 72.8 Å². The van der Waals surface area contributed by atoms with Crippen molar-refractivity contribution in [3.63, 3.8) is 0 Å². The maximum absolute atomic E-state index is 12.8. The van der Waals surface area contributed by atoms with E-state index < -0.39 is 17.6 Å². The fourth-order valence-corrected chi connectivity index (χ4v) is 2.88. The molecule has 0 fully saturated rings. The molecule has 0 bridgehead atoms. The zero-order chi connectivity index (χ0) is 21.0. The summed E-state index contributed by atoms with van der Waals surface area (Å²) >= 11 is 0. The lowest BCUT2D eigenvalue weighted by Gasteiger charge is -2.12. The van der Waals surface area contributed by atoms with Crippen molar-refractivity contribution in [3.8, 4) is 11.1 Å². The normalized spacial score (nSPS) is 11.1. The Morgan fingerprint density at radius 2 is 1.59 bits per heavy atom. The predicted molar refractivity (Wildman–Crippen MR) is 103 cm³/mol. The number of hydrogen-bond donors (Lipinski definition) is 2. The standard InChI is InChI=1S/C22H17F3N2O2/c23-22(24,25)17-10-8-15(9-11-17)18-6-1-2-7-19(18)21(29)27-13-14-4-3-5-16(12-14)20(26)28/h1-12H,13H2,(H2,26,28)(H,27,29). The molecule has 0 saturated heterocycles. The molecule has 3 N–H and O–H groups in total. The van der Waals surface area contributed by atoms with Gasteiger partial charge < -0.3 is 11.1 Å². The Bertz CT molecular complexity index is 1040. The minimum absolute atomic E-state index is 0.168. The minimum Gasteiger partial charge on any atom is -0.366 e. The highest BCUT2D eigenvalue weighted by atomic mass is 19.4. The number of nitrogens with two attached hydrogens (primary N) is 1. The zero-order valence-corrected chi connectivity index (χ0v) is 15.2. The molecule has 0 heterocycles. The van der Waals surface area contributed by atoms with Crippen molar-refractivity contribution < 1.29 is 22.8 Å².